The molecule has 0 bridgehead atoms. The van der Waals surface area contributed by atoms with E-state index in [9.17, 15) is 0 Å². The number of ether oxygens (including phenoxy) is 2. The lowest BCUT2D eigenvalue weighted by Crippen LogP contribution is -2.29. The fourth-order valence-corrected chi connectivity index (χ4v) is 2.36. The number of hydrazine groups is 1. The van der Waals surface area contributed by atoms with Gasteiger partial charge < -0.3 is 9.47 Å². The van der Waals surface area contributed by atoms with Crippen LogP contribution in [0.1, 0.15) is 17.3 Å². The topological polar surface area (TPSA) is 69.4 Å². The Labute approximate surface area is 116 Å². The van der Waals surface area contributed by atoms with E-state index in [0.717, 1.165) is 17.0 Å². The average molecular weight is 279 g/mol. The van der Waals surface area contributed by atoms with Crippen molar-refractivity contribution in [3.8, 4) is 5.75 Å². The second-order valence-electron chi connectivity index (χ2n) is 3.89. The van der Waals surface area contributed by atoms with Crippen LogP contribution in [0.4, 0.5) is 0 Å². The van der Waals surface area contributed by atoms with Crippen molar-refractivity contribution < 1.29 is 9.47 Å². The fraction of sp³-hybridized carbons (Fsp3) is 0.308. The summed E-state index contributed by atoms with van der Waals surface area (Å²) in [5.74, 6) is 6.44. The SMILES string of the molecule is COCCOc1ccccc1C(NN)c1cscn1. The first-order chi connectivity index (χ1) is 9.36. The molecule has 19 heavy (non-hydrogen) atoms. The van der Waals surface area contributed by atoms with Crippen LogP contribution in [0.3, 0.4) is 0 Å². The third-order valence-corrected chi connectivity index (χ3v) is 3.29. The Bertz CT molecular complexity index is 490. The lowest BCUT2D eigenvalue weighted by Gasteiger charge is -2.18. The van der Waals surface area contributed by atoms with Crippen LogP contribution in [0.25, 0.3) is 0 Å². The number of hydrogen-bond acceptors (Lipinski definition) is 6. The molecule has 0 spiro atoms. The Morgan fingerprint density at radius 2 is 2.21 bits per heavy atom. The zero-order valence-electron chi connectivity index (χ0n) is 10.7. The minimum absolute atomic E-state index is 0.176. The molecule has 0 radical (unpaired) electrons. The van der Waals surface area contributed by atoms with E-state index < -0.39 is 0 Å². The predicted octanol–water partition coefficient (Wildman–Crippen LogP) is 1.72. The van der Waals surface area contributed by atoms with E-state index in [1.54, 1.807) is 12.6 Å². The van der Waals surface area contributed by atoms with E-state index in [1.165, 1.54) is 11.3 Å². The maximum absolute atomic E-state index is 5.71. The van der Waals surface area contributed by atoms with Gasteiger partial charge >= 0.3 is 0 Å². The molecule has 1 aromatic heterocycles. The van der Waals surface area contributed by atoms with Gasteiger partial charge in [-0.1, -0.05) is 18.2 Å². The van der Waals surface area contributed by atoms with Gasteiger partial charge in [0, 0.05) is 18.1 Å². The van der Waals surface area contributed by atoms with Gasteiger partial charge in [-0.05, 0) is 6.07 Å². The van der Waals surface area contributed by atoms with Gasteiger partial charge in [-0.15, -0.1) is 11.3 Å². The van der Waals surface area contributed by atoms with Crippen molar-refractivity contribution in [3.05, 3.63) is 46.4 Å². The molecule has 1 aromatic carbocycles. The number of nitrogens with zero attached hydrogens (tertiary/aromatic N) is 1. The minimum Gasteiger partial charge on any atom is -0.491 e. The molecule has 5 nitrogen and oxygen atoms in total. The summed E-state index contributed by atoms with van der Waals surface area (Å²) in [6, 6.07) is 7.61. The van der Waals surface area contributed by atoms with Gasteiger partial charge in [-0.3, -0.25) is 5.84 Å². The number of nitrogens with two attached hydrogens (primary N) is 1. The van der Waals surface area contributed by atoms with Gasteiger partial charge in [0.05, 0.1) is 23.9 Å². The van der Waals surface area contributed by atoms with Crippen molar-refractivity contribution >= 4 is 11.3 Å². The van der Waals surface area contributed by atoms with E-state index in [1.807, 2.05) is 29.6 Å². The quantitative estimate of drug-likeness (QED) is 0.459. The van der Waals surface area contributed by atoms with Crippen LogP contribution in [0.15, 0.2) is 35.2 Å². The third-order valence-electron chi connectivity index (χ3n) is 2.69. The van der Waals surface area contributed by atoms with Crippen molar-refractivity contribution in [1.82, 2.24) is 10.4 Å². The molecule has 0 amide bonds. The second-order valence-corrected chi connectivity index (χ2v) is 4.61. The molecule has 1 unspecified atom stereocenters. The maximum Gasteiger partial charge on any atom is 0.124 e. The lowest BCUT2D eigenvalue weighted by atomic mass is 10.0. The number of hydrogen-bond donors (Lipinski definition) is 2. The lowest BCUT2D eigenvalue weighted by molar-refractivity contribution is 0.145. The molecule has 1 atom stereocenters. The molecule has 0 aliphatic carbocycles. The van der Waals surface area contributed by atoms with Gasteiger partial charge in [-0.25, -0.2) is 10.4 Å². The smallest absolute Gasteiger partial charge is 0.124 e. The molecule has 2 aromatic rings. The Morgan fingerprint density at radius 1 is 1.37 bits per heavy atom. The van der Waals surface area contributed by atoms with Crippen LogP contribution >= 0.6 is 11.3 Å². The molecular formula is C13H17N3O2S. The Morgan fingerprint density at radius 3 is 2.89 bits per heavy atom. The number of methoxy groups -OCH3 is 1. The number of rotatable bonds is 7. The van der Waals surface area contributed by atoms with Gasteiger partial charge in [0.1, 0.15) is 12.4 Å². The largest absolute Gasteiger partial charge is 0.491 e. The maximum atomic E-state index is 5.71. The van der Waals surface area contributed by atoms with Crippen molar-refractivity contribution in [1.29, 1.82) is 0 Å². The first-order valence-electron chi connectivity index (χ1n) is 5.91. The van der Waals surface area contributed by atoms with Crippen LogP contribution < -0.4 is 16.0 Å². The van der Waals surface area contributed by atoms with E-state index in [4.69, 9.17) is 15.3 Å². The molecule has 6 heteroatoms. The molecule has 0 fully saturated rings. The minimum atomic E-state index is -0.176. The molecule has 1 heterocycles. The Kier molecular flexibility index (Phi) is 5.29. The van der Waals surface area contributed by atoms with Crippen molar-refractivity contribution in [3.63, 3.8) is 0 Å². The Hall–Kier alpha value is -1.47. The summed E-state index contributed by atoms with van der Waals surface area (Å²) in [6.45, 7) is 1.05. The molecule has 2 rings (SSSR count). The van der Waals surface area contributed by atoms with Crippen LogP contribution in [-0.2, 0) is 4.74 Å². The zero-order chi connectivity index (χ0) is 13.5. The first-order valence-corrected chi connectivity index (χ1v) is 6.86. The second kappa shape index (κ2) is 7.20. The van der Waals surface area contributed by atoms with Crippen LogP contribution in [0.2, 0.25) is 0 Å². The number of nitrogens with one attached hydrogen (secondary N) is 1. The highest BCUT2D eigenvalue weighted by molar-refractivity contribution is 7.07. The summed E-state index contributed by atoms with van der Waals surface area (Å²) in [7, 11) is 1.65. The average Bonchev–Trinajstić information content (AvgIpc) is 2.96. The molecule has 0 saturated heterocycles. The number of benzene rings is 1. The highest BCUT2D eigenvalue weighted by Gasteiger charge is 2.18. The molecular weight excluding hydrogens is 262 g/mol. The summed E-state index contributed by atoms with van der Waals surface area (Å²) in [5.41, 5.74) is 6.42. The van der Waals surface area contributed by atoms with Crippen molar-refractivity contribution in [2.75, 3.05) is 20.3 Å². The highest BCUT2D eigenvalue weighted by atomic mass is 32.1. The monoisotopic (exact) mass is 279 g/mol. The summed E-state index contributed by atoms with van der Waals surface area (Å²) in [5, 5.41) is 1.97. The van der Waals surface area contributed by atoms with Crippen molar-refractivity contribution in [2.45, 2.75) is 6.04 Å². The highest BCUT2D eigenvalue weighted by Crippen LogP contribution is 2.29. The van der Waals surface area contributed by atoms with Gasteiger partial charge in [0.25, 0.3) is 0 Å². The summed E-state index contributed by atoms with van der Waals surface area (Å²) in [6.07, 6.45) is 0. The standard InChI is InChI=1S/C13H17N3O2S/c1-17-6-7-18-12-5-3-2-4-10(12)13(16-14)11-8-19-9-15-11/h2-5,8-9,13,16H,6-7,14H2,1H3. The normalized spacial score (nSPS) is 12.3. The van der Waals surface area contributed by atoms with E-state index in [-0.39, 0.29) is 6.04 Å². The van der Waals surface area contributed by atoms with Crippen LogP contribution in [0.5, 0.6) is 5.75 Å². The number of thiazole rings is 1. The van der Waals surface area contributed by atoms with E-state index in [2.05, 4.69) is 10.4 Å². The summed E-state index contributed by atoms with van der Waals surface area (Å²) < 4.78 is 10.7. The van der Waals surface area contributed by atoms with Gasteiger partial charge in [0.15, 0.2) is 0 Å². The molecule has 0 aliphatic heterocycles. The van der Waals surface area contributed by atoms with E-state index >= 15 is 0 Å². The van der Waals surface area contributed by atoms with Crippen LogP contribution in [0, 0.1) is 0 Å². The predicted molar refractivity (Wildman–Crippen MR) is 75.1 cm³/mol. The summed E-state index contributed by atoms with van der Waals surface area (Å²) >= 11 is 1.54. The summed E-state index contributed by atoms with van der Waals surface area (Å²) in [4.78, 5) is 4.30. The number of para-hydroxylation sites is 1. The van der Waals surface area contributed by atoms with Crippen LogP contribution in [-0.4, -0.2) is 25.3 Å². The van der Waals surface area contributed by atoms with Gasteiger partial charge in [0.2, 0.25) is 0 Å². The van der Waals surface area contributed by atoms with Crippen molar-refractivity contribution in [2.24, 2.45) is 5.84 Å². The molecule has 0 aliphatic rings. The molecule has 102 valence electrons. The van der Waals surface area contributed by atoms with Gasteiger partial charge in [-0.2, -0.15) is 0 Å². The van der Waals surface area contributed by atoms with E-state index in [0.29, 0.717) is 13.2 Å². The number of aromatic nitrogens is 1. The molecule has 3 N–H and O–H groups in total. The Balaban J connectivity index is 2.22. The third kappa shape index (κ3) is 3.51. The zero-order valence-corrected chi connectivity index (χ0v) is 11.5. The fourth-order valence-electron chi connectivity index (χ4n) is 1.78. The molecule has 0 saturated carbocycles. The first kappa shape index (κ1) is 14.0.